The second-order valence-electron chi connectivity index (χ2n) is 5.06. The van der Waals surface area contributed by atoms with E-state index in [4.69, 9.17) is 0 Å². The van der Waals surface area contributed by atoms with Gasteiger partial charge in [0.2, 0.25) is 11.2 Å². The van der Waals surface area contributed by atoms with Crippen LogP contribution in [0.5, 0.6) is 0 Å². The third kappa shape index (κ3) is 2.72. The van der Waals surface area contributed by atoms with Gasteiger partial charge in [0.25, 0.3) is 5.69 Å². The number of hydrogen-bond donors (Lipinski definition) is 0. The van der Waals surface area contributed by atoms with Crippen LogP contribution in [0.3, 0.4) is 0 Å². The van der Waals surface area contributed by atoms with Crippen molar-refractivity contribution in [1.82, 2.24) is 0 Å². The number of fused-ring (bicyclic) bond motifs is 1. The second kappa shape index (κ2) is 5.77. The Morgan fingerprint density at radius 3 is 2.64 bits per heavy atom. The van der Waals surface area contributed by atoms with E-state index >= 15 is 0 Å². The van der Waals surface area contributed by atoms with Crippen LogP contribution in [0.4, 0.5) is 5.69 Å². The standard InChI is InChI=1S/C18H15N2O2/c1-19-16(12-10-15-6-2-3-8-18(15)19)11-9-14-5-4-7-17(13-14)20(21)22/h2-13H,1H3/q+1/b11-9+. The van der Waals surface area contributed by atoms with Crippen LogP contribution < -0.4 is 4.57 Å². The quantitative estimate of drug-likeness (QED) is 0.419. The highest BCUT2D eigenvalue weighted by Crippen LogP contribution is 2.16. The first kappa shape index (κ1) is 13.9. The molecule has 0 radical (unpaired) electrons. The molecule has 3 aromatic rings. The highest BCUT2D eigenvalue weighted by Gasteiger charge is 2.08. The van der Waals surface area contributed by atoms with Crippen molar-refractivity contribution in [3.05, 3.63) is 82.0 Å². The molecule has 0 bridgehead atoms. The van der Waals surface area contributed by atoms with Gasteiger partial charge < -0.3 is 0 Å². The van der Waals surface area contributed by atoms with Gasteiger partial charge in [0.05, 0.1) is 4.92 Å². The number of nitrogens with zero attached hydrogens (tertiary/aromatic N) is 2. The van der Waals surface area contributed by atoms with Crippen molar-refractivity contribution in [2.75, 3.05) is 0 Å². The molecule has 0 fully saturated rings. The lowest BCUT2D eigenvalue weighted by molar-refractivity contribution is -0.646. The zero-order valence-electron chi connectivity index (χ0n) is 12.1. The summed E-state index contributed by atoms with van der Waals surface area (Å²) in [5.41, 5.74) is 3.08. The van der Waals surface area contributed by atoms with E-state index in [9.17, 15) is 10.1 Å². The topological polar surface area (TPSA) is 47.0 Å². The fourth-order valence-electron chi connectivity index (χ4n) is 2.45. The first-order valence-corrected chi connectivity index (χ1v) is 6.95. The fraction of sp³-hybridized carbons (Fsp3) is 0.0556. The maximum atomic E-state index is 10.8. The van der Waals surface area contributed by atoms with Crippen molar-refractivity contribution in [2.24, 2.45) is 7.05 Å². The summed E-state index contributed by atoms with van der Waals surface area (Å²) in [7, 11) is 2.01. The van der Waals surface area contributed by atoms with E-state index < -0.39 is 0 Å². The van der Waals surface area contributed by atoms with Gasteiger partial charge in [-0.25, -0.2) is 0 Å². The molecule has 0 unspecified atom stereocenters. The average Bonchev–Trinajstić information content (AvgIpc) is 2.55. The Kier molecular flexibility index (Phi) is 3.66. The molecule has 4 heteroatoms. The second-order valence-corrected chi connectivity index (χ2v) is 5.06. The van der Waals surface area contributed by atoms with E-state index in [1.54, 1.807) is 12.1 Å². The summed E-state index contributed by atoms with van der Waals surface area (Å²) in [6, 6.07) is 18.9. The van der Waals surface area contributed by atoms with E-state index in [-0.39, 0.29) is 10.6 Å². The minimum atomic E-state index is -0.382. The average molecular weight is 291 g/mol. The maximum Gasteiger partial charge on any atom is 0.270 e. The lowest BCUT2D eigenvalue weighted by atomic mass is 10.1. The largest absolute Gasteiger partial charge is 0.270 e. The molecular weight excluding hydrogens is 276 g/mol. The highest BCUT2D eigenvalue weighted by molar-refractivity contribution is 5.77. The molecule has 1 heterocycles. The minimum absolute atomic E-state index is 0.102. The molecule has 0 aliphatic rings. The first-order chi connectivity index (χ1) is 10.6. The molecule has 0 saturated heterocycles. The van der Waals surface area contributed by atoms with E-state index in [1.807, 2.05) is 43.5 Å². The van der Waals surface area contributed by atoms with Gasteiger partial charge in [-0.3, -0.25) is 10.1 Å². The lowest BCUT2D eigenvalue weighted by Gasteiger charge is -2.00. The molecule has 0 atom stereocenters. The lowest BCUT2D eigenvalue weighted by Crippen LogP contribution is -2.32. The number of aryl methyl sites for hydroxylation is 1. The first-order valence-electron chi connectivity index (χ1n) is 6.95. The van der Waals surface area contributed by atoms with E-state index in [0.29, 0.717) is 0 Å². The van der Waals surface area contributed by atoms with E-state index in [0.717, 1.165) is 16.8 Å². The van der Waals surface area contributed by atoms with Gasteiger partial charge in [-0.15, -0.1) is 0 Å². The Labute approximate surface area is 128 Å². The van der Waals surface area contributed by atoms with Crippen LogP contribution in [0.2, 0.25) is 0 Å². The van der Waals surface area contributed by atoms with E-state index in [2.05, 4.69) is 22.8 Å². The Balaban J connectivity index is 1.97. The third-order valence-corrected chi connectivity index (χ3v) is 3.65. The SMILES string of the molecule is C[n+]1c(/C=C/c2cccc([N+](=O)[O-])c2)ccc2ccccc21. The number of nitro benzene ring substituents is 1. The number of rotatable bonds is 3. The van der Waals surface area contributed by atoms with Crippen molar-refractivity contribution < 1.29 is 9.49 Å². The van der Waals surface area contributed by atoms with Gasteiger partial charge in [0, 0.05) is 35.7 Å². The van der Waals surface area contributed by atoms with Gasteiger partial charge in [0.15, 0.2) is 0 Å². The summed E-state index contributed by atoms with van der Waals surface area (Å²) >= 11 is 0. The summed E-state index contributed by atoms with van der Waals surface area (Å²) in [5.74, 6) is 0. The van der Waals surface area contributed by atoms with Crippen molar-refractivity contribution in [2.45, 2.75) is 0 Å². The van der Waals surface area contributed by atoms with Gasteiger partial charge in [-0.2, -0.15) is 4.57 Å². The summed E-state index contributed by atoms with van der Waals surface area (Å²) in [5, 5.41) is 12.0. The van der Waals surface area contributed by atoms with Crippen LogP contribution in [0, 0.1) is 10.1 Å². The number of nitro groups is 1. The summed E-state index contributed by atoms with van der Waals surface area (Å²) < 4.78 is 2.10. The smallest absolute Gasteiger partial charge is 0.258 e. The third-order valence-electron chi connectivity index (χ3n) is 3.65. The monoisotopic (exact) mass is 291 g/mol. The summed E-state index contributed by atoms with van der Waals surface area (Å²) in [4.78, 5) is 10.4. The maximum absolute atomic E-state index is 10.8. The summed E-state index contributed by atoms with van der Waals surface area (Å²) in [6.45, 7) is 0. The molecule has 0 aliphatic heterocycles. The van der Waals surface area contributed by atoms with Crippen LogP contribution >= 0.6 is 0 Å². The Hall–Kier alpha value is -3.01. The van der Waals surface area contributed by atoms with Crippen molar-refractivity contribution in [3.8, 4) is 0 Å². The number of para-hydroxylation sites is 1. The zero-order chi connectivity index (χ0) is 15.5. The van der Waals surface area contributed by atoms with Crippen LogP contribution in [-0.4, -0.2) is 4.92 Å². The highest BCUT2D eigenvalue weighted by atomic mass is 16.6. The van der Waals surface area contributed by atoms with Crippen molar-refractivity contribution >= 4 is 28.7 Å². The van der Waals surface area contributed by atoms with Crippen LogP contribution in [0.1, 0.15) is 11.3 Å². The molecular formula is C18H15N2O2+. The van der Waals surface area contributed by atoms with Crippen LogP contribution in [-0.2, 0) is 7.05 Å². The minimum Gasteiger partial charge on any atom is -0.258 e. The van der Waals surface area contributed by atoms with Crippen LogP contribution in [0.25, 0.3) is 23.1 Å². The summed E-state index contributed by atoms with van der Waals surface area (Å²) in [6.07, 6.45) is 3.85. The molecule has 3 rings (SSSR count). The number of benzene rings is 2. The van der Waals surface area contributed by atoms with Gasteiger partial charge in [-0.1, -0.05) is 24.3 Å². The predicted molar refractivity (Wildman–Crippen MR) is 87.1 cm³/mol. The fourth-order valence-corrected chi connectivity index (χ4v) is 2.45. The van der Waals surface area contributed by atoms with Gasteiger partial charge >= 0.3 is 0 Å². The predicted octanol–water partition coefficient (Wildman–Crippen LogP) is 3.74. The Morgan fingerprint density at radius 1 is 1.00 bits per heavy atom. The van der Waals surface area contributed by atoms with Gasteiger partial charge in [-0.05, 0) is 23.8 Å². The molecule has 2 aromatic carbocycles. The molecule has 0 saturated carbocycles. The number of aromatic nitrogens is 1. The van der Waals surface area contributed by atoms with E-state index in [1.165, 1.54) is 11.5 Å². The van der Waals surface area contributed by atoms with Crippen molar-refractivity contribution in [3.63, 3.8) is 0 Å². The zero-order valence-corrected chi connectivity index (χ0v) is 12.1. The molecule has 0 spiro atoms. The molecule has 0 amide bonds. The molecule has 4 nitrogen and oxygen atoms in total. The molecule has 108 valence electrons. The number of non-ortho nitro benzene ring substituents is 1. The normalized spacial score (nSPS) is 11.1. The number of pyridine rings is 1. The number of hydrogen-bond acceptors (Lipinski definition) is 2. The van der Waals surface area contributed by atoms with Crippen LogP contribution in [0.15, 0.2) is 60.7 Å². The molecule has 22 heavy (non-hydrogen) atoms. The van der Waals surface area contributed by atoms with Crippen molar-refractivity contribution in [1.29, 1.82) is 0 Å². The Bertz CT molecular complexity index is 885. The Morgan fingerprint density at radius 2 is 1.82 bits per heavy atom. The van der Waals surface area contributed by atoms with Gasteiger partial charge in [0.1, 0.15) is 7.05 Å². The molecule has 0 aliphatic carbocycles. The molecule has 0 N–H and O–H groups in total. The molecule has 1 aromatic heterocycles.